The average molecular weight is 1220 g/mol. The summed E-state index contributed by atoms with van der Waals surface area (Å²) in [6.45, 7) is -0.109. The molecule has 0 N–H and O–H groups in total. The molecule has 0 aliphatic carbocycles. The van der Waals surface area contributed by atoms with Gasteiger partial charge in [-0.2, -0.15) is 5.26 Å². The van der Waals surface area contributed by atoms with Gasteiger partial charge in [0.1, 0.15) is 0 Å². The summed E-state index contributed by atoms with van der Waals surface area (Å²) in [5, 5.41) is 13.0. The number of benzene rings is 14. The van der Waals surface area contributed by atoms with Crippen LogP contribution in [0.15, 0.2) is 340 Å². The molecule has 8 heteroatoms. The van der Waals surface area contributed by atoms with E-state index in [-0.39, 0.29) is 6.71 Å². The van der Waals surface area contributed by atoms with Crippen LogP contribution in [0, 0.1) is 11.3 Å². The lowest BCUT2D eigenvalue weighted by molar-refractivity contribution is 1.07. The summed E-state index contributed by atoms with van der Waals surface area (Å²) in [5.74, 6) is 1.58. The number of rotatable bonds is 11. The molecular weight excluding hydrogens is 1170 g/mol. The fourth-order valence-electron chi connectivity index (χ4n) is 14.6. The second-order valence-corrected chi connectivity index (χ2v) is 24.7. The van der Waals surface area contributed by atoms with Crippen LogP contribution < -0.4 is 26.2 Å². The van der Waals surface area contributed by atoms with E-state index in [9.17, 15) is 5.26 Å². The Morgan fingerprint density at radius 3 is 1.09 bits per heavy atom. The van der Waals surface area contributed by atoms with Crippen LogP contribution in [0.25, 0.3) is 117 Å². The smallest absolute Gasteiger partial charge is 0.252 e. The summed E-state index contributed by atoms with van der Waals surface area (Å²) in [7, 11) is 0. The SMILES string of the molecule is N#Cc1cc(-c2nc(-c3ccccc3)nc(-c3ccccc3)n2)cc(-n2c3ccccc3c3cc(-c4cc5c6c(c4)N(c4cc(-c7ccccc7)cc(-c7ccccc7)c4)c4ccccc4B6c4ccccc4N5c4cc(-c5ccccc5)cc(-c5ccccc5)c4)ccc32)c1. The first-order chi connectivity index (χ1) is 47.5. The van der Waals surface area contributed by atoms with E-state index in [4.69, 9.17) is 15.0 Å². The minimum Gasteiger partial charge on any atom is -0.311 e. The highest BCUT2D eigenvalue weighted by Gasteiger charge is 2.44. The zero-order valence-corrected chi connectivity index (χ0v) is 52.0. The molecule has 96 heavy (non-hydrogen) atoms. The minimum atomic E-state index is -0.109. The third-order valence-corrected chi connectivity index (χ3v) is 18.9. The van der Waals surface area contributed by atoms with Crippen molar-refractivity contribution in [2.75, 3.05) is 9.80 Å². The van der Waals surface area contributed by atoms with E-state index in [0.29, 0.717) is 28.6 Å². The van der Waals surface area contributed by atoms with Crippen molar-refractivity contribution in [3.05, 3.63) is 345 Å². The van der Waals surface area contributed by atoms with Gasteiger partial charge in [-0.3, -0.25) is 0 Å². The topological polar surface area (TPSA) is 73.9 Å². The summed E-state index contributed by atoms with van der Waals surface area (Å²) in [6.07, 6.45) is 0. The quantitative estimate of drug-likeness (QED) is 0.120. The molecule has 2 aromatic heterocycles. The van der Waals surface area contributed by atoms with Crippen molar-refractivity contribution in [2.45, 2.75) is 0 Å². The Morgan fingerprint density at radius 2 is 0.635 bits per heavy atom. The number of nitriles is 1. The number of nitrogens with zero attached hydrogens (tertiary/aromatic N) is 7. The highest BCUT2D eigenvalue weighted by molar-refractivity contribution is 7.00. The van der Waals surface area contributed by atoms with Crippen molar-refractivity contribution in [1.29, 1.82) is 5.26 Å². The maximum atomic E-state index is 10.9. The second-order valence-electron chi connectivity index (χ2n) is 24.7. The van der Waals surface area contributed by atoms with Gasteiger partial charge >= 0.3 is 0 Å². The van der Waals surface area contributed by atoms with Gasteiger partial charge in [0.05, 0.1) is 22.7 Å². The van der Waals surface area contributed by atoms with Crippen LogP contribution >= 0.6 is 0 Å². The number of hydrogen-bond donors (Lipinski definition) is 0. The first-order valence-corrected chi connectivity index (χ1v) is 32.5. The Kier molecular flexibility index (Phi) is 13.6. The van der Waals surface area contributed by atoms with Gasteiger partial charge in [0.25, 0.3) is 6.71 Å². The molecule has 4 heterocycles. The van der Waals surface area contributed by atoms with E-state index in [0.717, 1.165) is 128 Å². The van der Waals surface area contributed by atoms with Gasteiger partial charge in [-0.1, -0.05) is 243 Å². The molecule has 14 aromatic carbocycles. The van der Waals surface area contributed by atoms with E-state index in [1.807, 2.05) is 72.8 Å². The lowest BCUT2D eigenvalue weighted by Gasteiger charge is -2.44. The van der Waals surface area contributed by atoms with Crippen molar-refractivity contribution >= 4 is 79.0 Å². The molecule has 7 nitrogen and oxygen atoms in total. The number of para-hydroxylation sites is 3. The maximum absolute atomic E-state index is 10.9. The molecule has 0 saturated heterocycles. The Balaban J connectivity index is 0.882. The first-order valence-electron chi connectivity index (χ1n) is 32.5. The van der Waals surface area contributed by atoms with Crippen LogP contribution in [-0.4, -0.2) is 26.2 Å². The van der Waals surface area contributed by atoms with Crippen LogP contribution in [0.4, 0.5) is 34.1 Å². The Hall–Kier alpha value is -13.0. The van der Waals surface area contributed by atoms with Gasteiger partial charge in [-0.25, -0.2) is 15.0 Å². The number of hydrogen-bond acceptors (Lipinski definition) is 6. The highest BCUT2D eigenvalue weighted by atomic mass is 15.2. The fraction of sp³-hybridized carbons (Fsp3) is 0. The molecule has 0 fully saturated rings. The largest absolute Gasteiger partial charge is 0.311 e. The van der Waals surface area contributed by atoms with Gasteiger partial charge in [0, 0.05) is 67.3 Å². The van der Waals surface area contributed by atoms with Crippen molar-refractivity contribution in [3.63, 3.8) is 0 Å². The Bertz CT molecular complexity index is 5360. The summed E-state index contributed by atoms with van der Waals surface area (Å²) >= 11 is 0. The molecule has 2 aliphatic rings. The second kappa shape index (κ2) is 23.3. The van der Waals surface area contributed by atoms with E-state index in [1.165, 1.54) is 16.4 Å². The van der Waals surface area contributed by atoms with Crippen LogP contribution in [0.1, 0.15) is 5.56 Å². The predicted molar refractivity (Wildman–Crippen MR) is 396 cm³/mol. The summed E-state index contributed by atoms with van der Waals surface area (Å²) in [5.41, 5.74) is 27.3. The van der Waals surface area contributed by atoms with Gasteiger partial charge < -0.3 is 14.4 Å². The van der Waals surface area contributed by atoms with Crippen molar-refractivity contribution < 1.29 is 0 Å². The first kappa shape index (κ1) is 55.9. The van der Waals surface area contributed by atoms with E-state index < -0.39 is 0 Å². The maximum Gasteiger partial charge on any atom is 0.252 e. The molecule has 446 valence electrons. The highest BCUT2D eigenvalue weighted by Crippen LogP contribution is 2.49. The molecule has 0 radical (unpaired) electrons. The van der Waals surface area contributed by atoms with Crippen LogP contribution in [0.3, 0.4) is 0 Å². The van der Waals surface area contributed by atoms with Crippen molar-refractivity contribution in [1.82, 2.24) is 19.5 Å². The van der Waals surface area contributed by atoms with Crippen molar-refractivity contribution in [2.24, 2.45) is 0 Å². The molecule has 2 aliphatic heterocycles. The zero-order chi connectivity index (χ0) is 63.6. The molecular formula is C88H56BN7. The third kappa shape index (κ3) is 9.73. The molecule has 18 rings (SSSR count). The molecule has 0 unspecified atom stereocenters. The lowest BCUT2D eigenvalue weighted by Crippen LogP contribution is -2.61. The van der Waals surface area contributed by atoms with Gasteiger partial charge in [0.15, 0.2) is 17.5 Å². The van der Waals surface area contributed by atoms with Gasteiger partial charge in [-0.15, -0.1) is 0 Å². The van der Waals surface area contributed by atoms with E-state index >= 15 is 0 Å². The van der Waals surface area contributed by atoms with Gasteiger partial charge in [-0.05, 0) is 169 Å². The Labute approximate surface area is 557 Å². The van der Waals surface area contributed by atoms with Crippen LogP contribution in [0.5, 0.6) is 0 Å². The summed E-state index contributed by atoms with van der Waals surface area (Å²) < 4.78 is 2.28. The zero-order valence-electron chi connectivity index (χ0n) is 52.0. The molecule has 16 aromatic rings. The molecule has 0 amide bonds. The monoisotopic (exact) mass is 1220 g/mol. The van der Waals surface area contributed by atoms with E-state index in [2.05, 4.69) is 287 Å². The standard InChI is InChI=1S/C88H56BN7/c90-57-58-45-71(88-92-86(63-33-15-5-16-34-63)91-87(93-88)64-35-17-6-18-36-64)53-72(46-58)94-79-40-22-19-37-75(79)76-54-65(43-44-80(76)94)70-55-83-85-84(56-70)96(74-51-68(61-29-11-3-12-30-61)48-69(52-74)62-31-13-4-14-32-62)82-42-24-21-39-78(82)89(85)77-38-20-23-41-81(77)95(83)73-49-66(59-25-7-1-8-26-59)47-67(50-73)60-27-9-2-10-28-60/h1-56H. The molecule has 0 spiro atoms. The normalized spacial score (nSPS) is 12.1. The minimum absolute atomic E-state index is 0.109. The number of fused-ring (bicyclic) bond motifs is 7. The summed E-state index contributed by atoms with van der Waals surface area (Å²) in [6, 6.07) is 124. The number of anilines is 6. The van der Waals surface area contributed by atoms with Gasteiger partial charge in [0.2, 0.25) is 0 Å². The fourth-order valence-corrected chi connectivity index (χ4v) is 14.6. The van der Waals surface area contributed by atoms with Crippen LogP contribution in [0.2, 0.25) is 0 Å². The lowest BCUT2D eigenvalue weighted by atomic mass is 9.33. The molecule has 0 saturated carbocycles. The van der Waals surface area contributed by atoms with Crippen LogP contribution in [-0.2, 0) is 0 Å². The molecule has 0 bridgehead atoms. The Morgan fingerprint density at radius 1 is 0.260 bits per heavy atom. The summed E-state index contributed by atoms with van der Waals surface area (Å²) in [4.78, 5) is 20.3. The van der Waals surface area contributed by atoms with E-state index in [1.54, 1.807) is 0 Å². The average Bonchev–Trinajstić information content (AvgIpc) is 0.806. The third-order valence-electron chi connectivity index (χ3n) is 18.9. The van der Waals surface area contributed by atoms with Crippen molar-refractivity contribution in [3.8, 4) is 102 Å². The molecule has 0 atom stereocenters. The number of aromatic nitrogens is 4. The predicted octanol–water partition coefficient (Wildman–Crippen LogP) is 20.3.